The molecule has 0 bridgehead atoms. The van der Waals surface area contributed by atoms with Crippen molar-refractivity contribution in [3.05, 3.63) is 0 Å². The second kappa shape index (κ2) is 23.7. The minimum atomic E-state index is -4.06. The van der Waals surface area contributed by atoms with Crippen LogP contribution in [0.4, 0.5) is 0 Å². The van der Waals surface area contributed by atoms with Gasteiger partial charge in [0.05, 0.1) is 19.8 Å². The molecule has 2 atom stereocenters. The highest BCUT2D eigenvalue weighted by Crippen LogP contribution is 2.43. The van der Waals surface area contributed by atoms with Crippen molar-refractivity contribution in [3.8, 4) is 0 Å². The van der Waals surface area contributed by atoms with Crippen molar-refractivity contribution >= 4 is 7.82 Å². The fourth-order valence-corrected chi connectivity index (χ4v) is 4.27. The summed E-state index contributed by atoms with van der Waals surface area (Å²) in [6, 6.07) is 0. The maximum atomic E-state index is 11.8. The van der Waals surface area contributed by atoms with Crippen LogP contribution in [-0.2, 0) is 23.1 Å². The van der Waals surface area contributed by atoms with Crippen LogP contribution < -0.4 is 0 Å². The number of methoxy groups -OCH3 is 1. The number of unbranched alkanes of at least 4 members (excludes halogenated alkanes) is 14. The molecule has 0 saturated heterocycles. The Hall–Kier alpha value is -0.0100. The first-order chi connectivity index (χ1) is 15.9. The Morgan fingerprint density at radius 2 is 1.21 bits per heavy atom. The van der Waals surface area contributed by atoms with Gasteiger partial charge in [-0.1, -0.05) is 96.8 Å². The molecule has 2 unspecified atom stereocenters. The third kappa shape index (κ3) is 24.9. The Balaban J connectivity index is 3.45. The first-order valence-electron chi connectivity index (χ1n) is 13.3. The van der Waals surface area contributed by atoms with Gasteiger partial charge in [-0.25, -0.2) is 4.57 Å². The van der Waals surface area contributed by atoms with Gasteiger partial charge in [-0.2, -0.15) is 0 Å². The Labute approximate surface area is 204 Å². The van der Waals surface area contributed by atoms with Crippen LogP contribution in [0.1, 0.15) is 103 Å². The third-order valence-electron chi connectivity index (χ3n) is 5.75. The molecule has 0 fully saturated rings. The van der Waals surface area contributed by atoms with Crippen molar-refractivity contribution in [2.24, 2.45) is 0 Å². The van der Waals surface area contributed by atoms with E-state index < -0.39 is 7.82 Å². The van der Waals surface area contributed by atoms with Gasteiger partial charge in [-0.15, -0.1) is 0 Å². The predicted octanol–water partition coefficient (Wildman–Crippen LogP) is 6.58. The molecular weight excluding hydrogens is 441 g/mol. The second-order valence-electron chi connectivity index (χ2n) is 9.28. The zero-order valence-corrected chi connectivity index (χ0v) is 23.0. The molecular formula is C25H54NO6P. The predicted molar refractivity (Wildman–Crippen MR) is 137 cm³/mol. The number of phosphoric acid groups is 1. The number of phosphoric ester groups is 1. The highest BCUT2D eigenvalue weighted by molar-refractivity contribution is 7.47. The molecule has 0 amide bonds. The molecule has 0 aliphatic heterocycles. The lowest BCUT2D eigenvalue weighted by atomic mass is 10.0. The first-order valence-corrected chi connectivity index (χ1v) is 14.8. The van der Waals surface area contributed by atoms with E-state index in [1.807, 2.05) is 19.0 Å². The lowest BCUT2D eigenvalue weighted by Crippen LogP contribution is -2.24. The average Bonchev–Trinajstić information content (AvgIpc) is 2.77. The summed E-state index contributed by atoms with van der Waals surface area (Å²) >= 11 is 0. The molecule has 7 nitrogen and oxygen atoms in total. The van der Waals surface area contributed by atoms with E-state index >= 15 is 0 Å². The first kappa shape index (κ1) is 33.0. The Kier molecular flexibility index (Phi) is 23.7. The lowest BCUT2D eigenvalue weighted by molar-refractivity contribution is -0.0222. The summed E-state index contributed by atoms with van der Waals surface area (Å²) in [5, 5.41) is 0. The molecule has 200 valence electrons. The number of nitrogens with zero attached hydrogens (tertiary/aromatic N) is 1. The van der Waals surface area contributed by atoms with Crippen LogP contribution in [0.15, 0.2) is 0 Å². The van der Waals surface area contributed by atoms with Gasteiger partial charge in [0.1, 0.15) is 6.10 Å². The van der Waals surface area contributed by atoms with Gasteiger partial charge in [0.15, 0.2) is 0 Å². The summed E-state index contributed by atoms with van der Waals surface area (Å²) in [6.45, 7) is 3.93. The van der Waals surface area contributed by atoms with Crippen LogP contribution in [0, 0.1) is 0 Å². The van der Waals surface area contributed by atoms with Crippen molar-refractivity contribution in [1.29, 1.82) is 0 Å². The van der Waals surface area contributed by atoms with Crippen LogP contribution in [-0.4, -0.2) is 70.1 Å². The zero-order chi connectivity index (χ0) is 24.6. The van der Waals surface area contributed by atoms with E-state index in [1.54, 1.807) is 7.11 Å². The van der Waals surface area contributed by atoms with Crippen molar-refractivity contribution in [1.82, 2.24) is 4.90 Å². The largest absolute Gasteiger partial charge is 0.472 e. The second-order valence-corrected chi connectivity index (χ2v) is 10.7. The van der Waals surface area contributed by atoms with E-state index in [1.165, 1.54) is 89.9 Å². The molecule has 0 rings (SSSR count). The molecule has 0 heterocycles. The zero-order valence-electron chi connectivity index (χ0n) is 22.1. The molecule has 0 aromatic carbocycles. The number of rotatable bonds is 26. The third-order valence-corrected chi connectivity index (χ3v) is 6.73. The normalized spacial score (nSPS) is 14.6. The van der Waals surface area contributed by atoms with E-state index in [9.17, 15) is 9.46 Å². The van der Waals surface area contributed by atoms with Crippen molar-refractivity contribution < 1.29 is 28.0 Å². The maximum Gasteiger partial charge on any atom is 0.472 e. The number of hydrogen-bond acceptors (Lipinski definition) is 6. The standard InChI is InChI=1S/C25H54NO6P/c1-5-6-7-8-9-10-11-12-13-14-15-16-17-18-19-21-30-23-25(29-4)24-32-33(27,28)31-22-20-26(2)3/h25H,5-24H2,1-4H3,(H,27,28). The molecule has 0 spiro atoms. The fourth-order valence-electron chi connectivity index (χ4n) is 3.53. The fraction of sp³-hybridized carbons (Fsp3) is 1.00. The highest BCUT2D eigenvalue weighted by Gasteiger charge is 2.23. The monoisotopic (exact) mass is 495 g/mol. The minimum absolute atomic E-state index is 0.0366. The van der Waals surface area contributed by atoms with Gasteiger partial charge in [0.2, 0.25) is 0 Å². The van der Waals surface area contributed by atoms with Gasteiger partial charge >= 0.3 is 7.82 Å². The van der Waals surface area contributed by atoms with Crippen molar-refractivity contribution in [2.75, 3.05) is 54.2 Å². The van der Waals surface area contributed by atoms with Crippen LogP contribution in [0.25, 0.3) is 0 Å². The van der Waals surface area contributed by atoms with E-state index in [-0.39, 0.29) is 19.3 Å². The van der Waals surface area contributed by atoms with Gasteiger partial charge < -0.3 is 19.3 Å². The van der Waals surface area contributed by atoms with Gasteiger partial charge in [-0.3, -0.25) is 9.05 Å². The van der Waals surface area contributed by atoms with Crippen LogP contribution in [0.3, 0.4) is 0 Å². The van der Waals surface area contributed by atoms with Crippen LogP contribution >= 0.6 is 7.82 Å². The maximum absolute atomic E-state index is 11.8. The van der Waals surface area contributed by atoms with E-state index in [2.05, 4.69) is 6.92 Å². The number of ether oxygens (including phenoxy) is 2. The molecule has 1 N–H and O–H groups in total. The Bertz CT molecular complexity index is 453. The summed E-state index contributed by atoms with van der Waals surface area (Å²) in [5.41, 5.74) is 0. The summed E-state index contributed by atoms with van der Waals surface area (Å²) in [5.74, 6) is 0. The molecule has 0 aromatic heterocycles. The molecule has 0 aliphatic carbocycles. The number of hydrogen-bond donors (Lipinski definition) is 1. The average molecular weight is 496 g/mol. The Morgan fingerprint density at radius 1 is 0.727 bits per heavy atom. The van der Waals surface area contributed by atoms with Crippen LogP contribution in [0.2, 0.25) is 0 Å². The van der Waals surface area contributed by atoms with Gasteiger partial charge in [-0.05, 0) is 20.5 Å². The van der Waals surface area contributed by atoms with Crippen molar-refractivity contribution in [2.45, 2.75) is 109 Å². The minimum Gasteiger partial charge on any atom is -0.379 e. The molecule has 8 heteroatoms. The van der Waals surface area contributed by atoms with E-state index in [4.69, 9.17) is 18.5 Å². The SMILES string of the molecule is CCCCCCCCCCCCCCCCCOCC(COP(=O)(O)OCCN(C)C)OC. The van der Waals surface area contributed by atoms with Crippen LogP contribution in [0.5, 0.6) is 0 Å². The lowest BCUT2D eigenvalue weighted by Gasteiger charge is -2.18. The quantitative estimate of drug-likeness (QED) is 0.107. The molecule has 0 aliphatic rings. The van der Waals surface area contributed by atoms with Gasteiger partial charge in [0.25, 0.3) is 0 Å². The summed E-state index contributed by atoms with van der Waals surface area (Å²) < 4.78 is 32.7. The Morgan fingerprint density at radius 3 is 1.67 bits per heavy atom. The van der Waals surface area contributed by atoms with Crippen molar-refractivity contribution in [3.63, 3.8) is 0 Å². The molecule has 0 saturated carbocycles. The summed E-state index contributed by atoms with van der Waals surface area (Å²) in [4.78, 5) is 11.6. The molecule has 0 aromatic rings. The summed E-state index contributed by atoms with van der Waals surface area (Å²) in [7, 11) is 1.22. The molecule has 0 radical (unpaired) electrons. The number of likely N-dealkylation sites (N-methyl/N-ethyl adjacent to an activating group) is 1. The van der Waals surface area contributed by atoms with Gasteiger partial charge in [0, 0.05) is 20.3 Å². The van der Waals surface area contributed by atoms with E-state index in [0.29, 0.717) is 19.8 Å². The molecule has 33 heavy (non-hydrogen) atoms. The van der Waals surface area contributed by atoms with E-state index in [0.717, 1.165) is 6.42 Å². The highest BCUT2D eigenvalue weighted by atomic mass is 31.2. The smallest absolute Gasteiger partial charge is 0.379 e. The topological polar surface area (TPSA) is 77.5 Å². The summed E-state index contributed by atoms with van der Waals surface area (Å²) in [6.07, 6.45) is 19.7.